The molecule has 5 heterocycles. The van der Waals surface area contributed by atoms with Crippen molar-refractivity contribution in [1.82, 2.24) is 30.0 Å². The molecule has 13 heteroatoms. The number of hydrogen-bond donors (Lipinski definition) is 2. The lowest BCUT2D eigenvalue weighted by atomic mass is 9.93. The highest BCUT2D eigenvalue weighted by Crippen LogP contribution is 2.35. The van der Waals surface area contributed by atoms with Crippen LogP contribution in [0.1, 0.15) is 35.7 Å². The van der Waals surface area contributed by atoms with E-state index in [2.05, 4.69) is 35.4 Å². The molecule has 2 N–H and O–H groups in total. The molecule has 2 aliphatic rings. The van der Waals surface area contributed by atoms with Crippen molar-refractivity contribution in [3.05, 3.63) is 53.6 Å². The summed E-state index contributed by atoms with van der Waals surface area (Å²) in [4.78, 5) is 16.4. The van der Waals surface area contributed by atoms with Crippen LogP contribution in [0.15, 0.2) is 36.7 Å². The minimum absolute atomic E-state index is 0.0428. The first-order chi connectivity index (χ1) is 16.6. The van der Waals surface area contributed by atoms with Crippen LogP contribution in [-0.4, -0.2) is 62.2 Å². The number of alkyl halides is 5. The first-order valence-corrected chi connectivity index (χ1v) is 11.2. The van der Waals surface area contributed by atoms with E-state index in [1.165, 1.54) is 4.90 Å². The van der Waals surface area contributed by atoms with E-state index in [0.29, 0.717) is 5.69 Å². The number of likely N-dealkylation sites (tertiary alicyclic amines) is 1. The summed E-state index contributed by atoms with van der Waals surface area (Å²) in [5, 5.41) is 9.71. The molecule has 0 saturated carbocycles. The monoisotopic (exact) mass is 494 g/mol. The lowest BCUT2D eigenvalue weighted by Crippen LogP contribution is -2.57. The number of hydrogen-bond acceptors (Lipinski definition) is 7. The Bertz CT molecular complexity index is 1150. The molecule has 3 aromatic rings. The Hall–Kier alpha value is -3.35. The molecule has 0 bridgehead atoms. The summed E-state index contributed by atoms with van der Waals surface area (Å²) < 4.78 is 66.3. The third-order valence-corrected chi connectivity index (χ3v) is 6.16. The second-order valence-electron chi connectivity index (χ2n) is 8.87. The Labute approximate surface area is 197 Å². The van der Waals surface area contributed by atoms with E-state index in [1.54, 1.807) is 12.3 Å². The van der Waals surface area contributed by atoms with Crippen molar-refractivity contribution < 1.29 is 22.0 Å². The molecular formula is C22H23F5N8. The predicted molar refractivity (Wildman–Crippen MR) is 118 cm³/mol. The maximum Gasteiger partial charge on any atom is 0.416 e. The molecular weight excluding hydrogens is 471 g/mol. The van der Waals surface area contributed by atoms with Crippen molar-refractivity contribution in [3.8, 4) is 0 Å². The smallest absolute Gasteiger partial charge is 0.329 e. The van der Waals surface area contributed by atoms with Gasteiger partial charge in [-0.15, -0.1) is 0 Å². The summed E-state index contributed by atoms with van der Waals surface area (Å²) in [6, 6.07) is 5.35. The average Bonchev–Trinajstić information content (AvgIpc) is 3.30. The van der Waals surface area contributed by atoms with E-state index in [1.807, 2.05) is 6.07 Å². The lowest BCUT2D eigenvalue weighted by Gasteiger charge is -2.39. The zero-order chi connectivity index (χ0) is 24.6. The van der Waals surface area contributed by atoms with Gasteiger partial charge < -0.3 is 10.2 Å². The molecule has 0 spiro atoms. The minimum atomic E-state index is -4.52. The van der Waals surface area contributed by atoms with E-state index >= 15 is 0 Å². The van der Waals surface area contributed by atoms with Gasteiger partial charge in [-0.2, -0.15) is 23.3 Å². The molecule has 2 saturated heterocycles. The van der Waals surface area contributed by atoms with Gasteiger partial charge in [0.15, 0.2) is 0 Å². The fourth-order valence-corrected chi connectivity index (χ4v) is 4.33. The maximum absolute atomic E-state index is 13.5. The molecule has 8 nitrogen and oxygen atoms in total. The van der Waals surface area contributed by atoms with E-state index in [0.717, 1.165) is 56.5 Å². The van der Waals surface area contributed by atoms with Crippen LogP contribution in [0.25, 0.3) is 0 Å². The summed E-state index contributed by atoms with van der Waals surface area (Å²) in [6.45, 7) is 1.37. The van der Waals surface area contributed by atoms with Gasteiger partial charge in [-0.1, -0.05) is 0 Å². The predicted octanol–water partition coefficient (Wildman–Crippen LogP) is 4.19. The molecule has 2 aliphatic heterocycles. The molecule has 35 heavy (non-hydrogen) atoms. The molecule has 0 aliphatic carbocycles. The number of aromatic nitrogens is 5. The van der Waals surface area contributed by atoms with Gasteiger partial charge in [0.1, 0.15) is 11.6 Å². The fourth-order valence-electron chi connectivity index (χ4n) is 4.33. The quantitative estimate of drug-likeness (QED) is 0.497. The molecule has 3 aromatic heterocycles. The van der Waals surface area contributed by atoms with Gasteiger partial charge in [-0.05, 0) is 44.1 Å². The van der Waals surface area contributed by atoms with Gasteiger partial charge in [0.25, 0.3) is 5.92 Å². The Morgan fingerprint density at radius 1 is 1.03 bits per heavy atom. The SMILES string of the molecule is FC1(F)CN(c2nc(Nc3cc(C(F)(F)F)ccn3)cc(C3CCN(Cc4ccn[nH]4)CC3)n2)C1. The number of H-pyrrole nitrogens is 1. The van der Waals surface area contributed by atoms with Gasteiger partial charge in [0, 0.05) is 36.6 Å². The second kappa shape index (κ2) is 9.02. The van der Waals surface area contributed by atoms with Crippen molar-refractivity contribution in [1.29, 1.82) is 0 Å². The summed E-state index contributed by atoms with van der Waals surface area (Å²) in [5.41, 5.74) is 0.837. The summed E-state index contributed by atoms with van der Waals surface area (Å²) in [5.74, 6) is -2.45. The molecule has 0 aromatic carbocycles. The van der Waals surface area contributed by atoms with Crippen LogP contribution in [-0.2, 0) is 12.7 Å². The molecule has 0 unspecified atom stereocenters. The Morgan fingerprint density at radius 2 is 1.80 bits per heavy atom. The lowest BCUT2D eigenvalue weighted by molar-refractivity contribution is -0.137. The highest BCUT2D eigenvalue weighted by Gasteiger charge is 2.45. The highest BCUT2D eigenvalue weighted by atomic mass is 19.4. The van der Waals surface area contributed by atoms with Crippen molar-refractivity contribution in [3.63, 3.8) is 0 Å². The molecule has 0 atom stereocenters. The van der Waals surface area contributed by atoms with Crippen LogP contribution in [0, 0.1) is 0 Å². The van der Waals surface area contributed by atoms with Gasteiger partial charge in [0.05, 0.1) is 24.3 Å². The van der Waals surface area contributed by atoms with E-state index < -0.39 is 30.8 Å². The topological polar surface area (TPSA) is 85.9 Å². The second-order valence-corrected chi connectivity index (χ2v) is 8.87. The standard InChI is InChI=1S/C22H23F5N8/c23-21(24)12-35(13-21)20-30-17(14-3-7-34(8-4-14)11-16-2-6-29-33-16)10-19(32-20)31-18-9-15(1-5-28-18)22(25,26)27/h1-2,5-6,9-10,14H,3-4,7-8,11-13H2,(H,29,33)(H,28,30,31,32). The highest BCUT2D eigenvalue weighted by molar-refractivity contribution is 5.56. The van der Waals surface area contributed by atoms with Crippen molar-refractivity contribution in [2.24, 2.45) is 0 Å². The zero-order valence-electron chi connectivity index (χ0n) is 18.6. The zero-order valence-corrected chi connectivity index (χ0v) is 18.6. The van der Waals surface area contributed by atoms with E-state index in [-0.39, 0.29) is 23.5 Å². The number of nitrogens with one attached hydrogen (secondary N) is 2. The Kier molecular flexibility index (Phi) is 6.03. The van der Waals surface area contributed by atoms with Crippen LogP contribution >= 0.6 is 0 Å². The minimum Gasteiger partial charge on any atom is -0.329 e. The van der Waals surface area contributed by atoms with Crippen LogP contribution in [0.4, 0.5) is 39.5 Å². The van der Waals surface area contributed by atoms with Crippen LogP contribution < -0.4 is 10.2 Å². The number of pyridine rings is 1. The number of piperidine rings is 1. The van der Waals surface area contributed by atoms with Gasteiger partial charge >= 0.3 is 6.18 Å². The molecule has 186 valence electrons. The largest absolute Gasteiger partial charge is 0.416 e. The Morgan fingerprint density at radius 3 is 2.46 bits per heavy atom. The first-order valence-electron chi connectivity index (χ1n) is 11.2. The summed E-state index contributed by atoms with van der Waals surface area (Å²) >= 11 is 0. The number of anilines is 3. The van der Waals surface area contributed by atoms with Crippen LogP contribution in [0.2, 0.25) is 0 Å². The maximum atomic E-state index is 13.5. The van der Waals surface area contributed by atoms with Crippen molar-refractivity contribution in [2.45, 2.75) is 37.4 Å². The first kappa shape index (κ1) is 23.4. The van der Waals surface area contributed by atoms with Crippen LogP contribution in [0.5, 0.6) is 0 Å². The number of aromatic amines is 1. The third kappa shape index (κ3) is 5.50. The van der Waals surface area contributed by atoms with Crippen molar-refractivity contribution >= 4 is 17.6 Å². The van der Waals surface area contributed by atoms with Crippen molar-refractivity contribution in [2.75, 3.05) is 36.4 Å². The molecule has 0 amide bonds. The van der Waals surface area contributed by atoms with Crippen LogP contribution in [0.3, 0.4) is 0 Å². The molecule has 2 fully saturated rings. The van der Waals surface area contributed by atoms with Gasteiger partial charge in [-0.3, -0.25) is 10.00 Å². The van der Waals surface area contributed by atoms with Gasteiger partial charge in [-0.25, -0.2) is 18.7 Å². The van der Waals surface area contributed by atoms with Gasteiger partial charge in [0.2, 0.25) is 5.95 Å². The Balaban J connectivity index is 1.35. The summed E-state index contributed by atoms with van der Waals surface area (Å²) in [6.07, 6.45) is -0.171. The normalized spacial score (nSPS) is 18.9. The van der Waals surface area contributed by atoms with E-state index in [4.69, 9.17) is 0 Å². The average molecular weight is 494 g/mol. The molecule has 0 radical (unpaired) electrons. The third-order valence-electron chi connectivity index (χ3n) is 6.16. The fraction of sp³-hybridized carbons (Fsp3) is 0.455. The summed E-state index contributed by atoms with van der Waals surface area (Å²) in [7, 11) is 0. The van der Waals surface area contributed by atoms with E-state index in [9.17, 15) is 22.0 Å². The number of halogens is 5. The number of nitrogens with zero attached hydrogens (tertiary/aromatic N) is 6. The number of rotatable bonds is 6. The molecule has 5 rings (SSSR count).